The minimum absolute atomic E-state index is 0.0474. The fourth-order valence-corrected chi connectivity index (χ4v) is 5.17. The number of alkyl halides is 1. The highest BCUT2D eigenvalue weighted by Gasteiger charge is 2.29. The van der Waals surface area contributed by atoms with E-state index in [1.807, 2.05) is 0 Å². The molecular weight excluding hydrogens is 594 g/mol. The summed E-state index contributed by atoms with van der Waals surface area (Å²) in [6.07, 6.45) is 0.755. The van der Waals surface area contributed by atoms with E-state index in [0.29, 0.717) is 33.9 Å². The molecule has 3 N–H and O–H groups in total. The number of hydrogen-bond acceptors (Lipinski definition) is 6. The molecule has 13 heteroatoms. The number of rotatable bonds is 4. The number of hydrogen-bond donors (Lipinski definition) is 3. The molecule has 2 bridgehead atoms. The molecule has 1 aliphatic heterocycles. The molecular formula is C31H29ClF2N6O4. The van der Waals surface area contributed by atoms with Crippen LogP contribution in [-0.2, 0) is 9.53 Å². The molecule has 1 aliphatic rings. The summed E-state index contributed by atoms with van der Waals surface area (Å²) >= 11 is 5.94. The molecule has 0 fully saturated rings. The lowest BCUT2D eigenvalue weighted by Crippen LogP contribution is -2.32. The van der Waals surface area contributed by atoms with Crippen LogP contribution in [0.5, 0.6) is 0 Å². The molecule has 3 atom stereocenters. The number of ether oxygens (including phenoxy) is 1. The van der Waals surface area contributed by atoms with Crippen LogP contribution in [-0.4, -0.2) is 46.0 Å². The topological polar surface area (TPSA) is 127 Å². The van der Waals surface area contributed by atoms with E-state index >= 15 is 4.39 Å². The molecule has 2 aromatic carbocycles. The minimum Gasteiger partial charge on any atom is -0.453 e. The molecule has 0 aliphatic carbocycles. The van der Waals surface area contributed by atoms with Crippen LogP contribution >= 0.6 is 11.6 Å². The van der Waals surface area contributed by atoms with Crippen LogP contribution < -0.4 is 16.0 Å². The molecule has 5 rings (SSSR count). The highest BCUT2D eigenvalue weighted by atomic mass is 35.5. The SMILES string of the molecule is COC(=O)Nc1ccc2c(c1)NC(=O)C(C)C(F)CCC(NC(=O)c1cnn(-c3cccc(Cl)c3F)c1C)c1cc-2ccn1. The van der Waals surface area contributed by atoms with E-state index in [1.54, 1.807) is 49.5 Å². The molecule has 4 aromatic rings. The Kier molecular flexibility index (Phi) is 8.91. The van der Waals surface area contributed by atoms with Gasteiger partial charge < -0.3 is 15.4 Å². The number of benzene rings is 2. The molecule has 3 heterocycles. The van der Waals surface area contributed by atoms with Crippen molar-refractivity contribution in [3.63, 3.8) is 0 Å². The van der Waals surface area contributed by atoms with E-state index in [4.69, 9.17) is 11.6 Å². The van der Waals surface area contributed by atoms with Gasteiger partial charge in [-0.15, -0.1) is 0 Å². The average Bonchev–Trinajstić information content (AvgIpc) is 3.40. The third-order valence-electron chi connectivity index (χ3n) is 7.56. The highest BCUT2D eigenvalue weighted by Crippen LogP contribution is 2.34. The second-order valence-electron chi connectivity index (χ2n) is 10.4. The number of carbonyl (C=O) groups is 3. The van der Waals surface area contributed by atoms with Crippen LogP contribution in [0.3, 0.4) is 0 Å². The number of anilines is 2. The van der Waals surface area contributed by atoms with E-state index in [1.165, 1.54) is 37.0 Å². The van der Waals surface area contributed by atoms with Crippen molar-refractivity contribution in [2.45, 2.75) is 38.9 Å². The highest BCUT2D eigenvalue weighted by molar-refractivity contribution is 6.30. The van der Waals surface area contributed by atoms with Crippen molar-refractivity contribution in [1.82, 2.24) is 20.1 Å². The van der Waals surface area contributed by atoms with Gasteiger partial charge in [-0.05, 0) is 61.7 Å². The Bertz CT molecular complexity index is 1750. The first kappa shape index (κ1) is 30.6. The number of nitrogens with zero attached hydrogens (tertiary/aromatic N) is 3. The van der Waals surface area contributed by atoms with E-state index in [2.05, 4.69) is 30.8 Å². The number of fused-ring (bicyclic) bond motifs is 4. The summed E-state index contributed by atoms with van der Waals surface area (Å²) < 4.78 is 36.0. The standard InChI is InChI=1S/C31H29ClF2N6O4/c1-16-23(33)9-10-24(38-30(42)21-15-36-40(17(21)2)27-6-4-5-22(32)28(27)34)26-13-18(11-12-35-26)20-8-7-19(37-31(43)44-3)14-25(20)39-29(16)41/h4-8,11-16,23-24H,9-10H2,1-3H3,(H,37,43)(H,38,42)(H,39,41). The molecule has 0 saturated heterocycles. The van der Waals surface area contributed by atoms with Crippen molar-refractivity contribution in [2.75, 3.05) is 17.7 Å². The van der Waals surface area contributed by atoms with Gasteiger partial charge in [-0.1, -0.05) is 30.7 Å². The lowest BCUT2D eigenvalue weighted by Gasteiger charge is -2.24. The van der Waals surface area contributed by atoms with Gasteiger partial charge >= 0.3 is 6.09 Å². The molecule has 44 heavy (non-hydrogen) atoms. The van der Waals surface area contributed by atoms with Gasteiger partial charge in [0, 0.05) is 17.4 Å². The fourth-order valence-electron chi connectivity index (χ4n) is 5.00. The number of nitrogens with one attached hydrogen (secondary N) is 3. The van der Waals surface area contributed by atoms with Crippen LogP contribution in [0.15, 0.2) is 60.9 Å². The van der Waals surface area contributed by atoms with E-state index in [-0.39, 0.29) is 29.1 Å². The van der Waals surface area contributed by atoms with E-state index in [0.717, 1.165) is 0 Å². The predicted octanol–water partition coefficient (Wildman–Crippen LogP) is 6.39. The van der Waals surface area contributed by atoms with Crippen LogP contribution in [0, 0.1) is 18.7 Å². The number of halogens is 3. The van der Waals surface area contributed by atoms with Gasteiger partial charge in [-0.3, -0.25) is 19.9 Å². The maximum absolute atomic E-state index is 15.4. The van der Waals surface area contributed by atoms with E-state index < -0.39 is 41.9 Å². The van der Waals surface area contributed by atoms with Crippen molar-refractivity contribution in [1.29, 1.82) is 0 Å². The van der Waals surface area contributed by atoms with Gasteiger partial charge in [0.25, 0.3) is 5.91 Å². The van der Waals surface area contributed by atoms with Gasteiger partial charge in [0.2, 0.25) is 5.91 Å². The quantitative estimate of drug-likeness (QED) is 0.242. The van der Waals surface area contributed by atoms with Crippen LogP contribution in [0.2, 0.25) is 5.02 Å². The normalized spacial score (nSPS) is 18.2. The first-order chi connectivity index (χ1) is 21.1. The second-order valence-corrected chi connectivity index (χ2v) is 10.8. The summed E-state index contributed by atoms with van der Waals surface area (Å²) in [5.74, 6) is -2.75. The van der Waals surface area contributed by atoms with Crippen LogP contribution in [0.1, 0.15) is 47.6 Å². The lowest BCUT2D eigenvalue weighted by molar-refractivity contribution is -0.121. The fraction of sp³-hybridized carbons (Fsp3) is 0.258. The Hall–Kier alpha value is -4.84. The molecule has 3 unspecified atom stereocenters. The van der Waals surface area contributed by atoms with Gasteiger partial charge in [0.15, 0.2) is 5.82 Å². The minimum atomic E-state index is -1.54. The van der Waals surface area contributed by atoms with Gasteiger partial charge in [-0.25, -0.2) is 18.3 Å². The first-order valence-corrected chi connectivity index (χ1v) is 14.1. The van der Waals surface area contributed by atoms with Crippen molar-refractivity contribution in [3.05, 3.63) is 88.7 Å². The monoisotopic (exact) mass is 622 g/mol. The Morgan fingerprint density at radius 3 is 2.73 bits per heavy atom. The molecule has 228 valence electrons. The predicted molar refractivity (Wildman–Crippen MR) is 161 cm³/mol. The average molecular weight is 623 g/mol. The van der Waals surface area contributed by atoms with E-state index in [9.17, 15) is 18.8 Å². The zero-order valence-corrected chi connectivity index (χ0v) is 24.8. The zero-order chi connectivity index (χ0) is 31.5. The Labute approximate surface area is 256 Å². The number of carbonyl (C=O) groups excluding carboxylic acids is 3. The smallest absolute Gasteiger partial charge is 0.411 e. The van der Waals surface area contributed by atoms with Crippen LogP contribution in [0.4, 0.5) is 25.0 Å². The first-order valence-electron chi connectivity index (χ1n) is 13.8. The summed E-state index contributed by atoms with van der Waals surface area (Å²) in [5.41, 5.74) is 3.08. The number of aromatic nitrogens is 3. The van der Waals surface area contributed by atoms with Gasteiger partial charge in [-0.2, -0.15) is 5.10 Å². The molecule has 3 amide bonds. The van der Waals surface area contributed by atoms with Gasteiger partial charge in [0.05, 0.1) is 52.9 Å². The third kappa shape index (κ3) is 6.25. The van der Waals surface area contributed by atoms with Crippen molar-refractivity contribution < 1.29 is 27.9 Å². The number of amides is 3. The Balaban J connectivity index is 1.50. The molecule has 0 radical (unpaired) electrons. The maximum Gasteiger partial charge on any atom is 0.411 e. The molecule has 2 aromatic heterocycles. The molecule has 0 spiro atoms. The van der Waals surface area contributed by atoms with Crippen molar-refractivity contribution in [3.8, 4) is 16.8 Å². The largest absolute Gasteiger partial charge is 0.453 e. The number of methoxy groups -OCH3 is 1. The maximum atomic E-state index is 15.4. The summed E-state index contributed by atoms with van der Waals surface area (Å²) in [7, 11) is 1.23. The summed E-state index contributed by atoms with van der Waals surface area (Å²) in [6, 6.07) is 12.1. The summed E-state index contributed by atoms with van der Waals surface area (Å²) in [5, 5.41) is 12.4. The third-order valence-corrected chi connectivity index (χ3v) is 7.86. The lowest BCUT2D eigenvalue weighted by atomic mass is 9.94. The Morgan fingerprint density at radius 1 is 1.16 bits per heavy atom. The van der Waals surface area contributed by atoms with Crippen molar-refractivity contribution in [2.24, 2.45) is 5.92 Å². The second kappa shape index (κ2) is 12.8. The number of pyridine rings is 1. The van der Waals surface area contributed by atoms with Crippen LogP contribution in [0.25, 0.3) is 16.8 Å². The summed E-state index contributed by atoms with van der Waals surface area (Å²) in [6.45, 7) is 3.11. The van der Waals surface area contributed by atoms with Gasteiger partial charge in [0.1, 0.15) is 11.9 Å². The Morgan fingerprint density at radius 2 is 1.95 bits per heavy atom. The summed E-state index contributed by atoms with van der Waals surface area (Å²) in [4.78, 5) is 42.9. The zero-order valence-electron chi connectivity index (χ0n) is 24.0. The molecule has 10 nitrogen and oxygen atoms in total. The molecule has 0 saturated carbocycles. The van der Waals surface area contributed by atoms with Crippen molar-refractivity contribution >= 4 is 40.9 Å².